The van der Waals surface area contributed by atoms with Crippen LogP contribution in [0.3, 0.4) is 0 Å². The van der Waals surface area contributed by atoms with Crippen molar-refractivity contribution in [1.29, 1.82) is 0 Å². The number of benzene rings is 2. The smallest absolute Gasteiger partial charge is 0.335 e. The van der Waals surface area contributed by atoms with Gasteiger partial charge < -0.3 is 15.3 Å². The van der Waals surface area contributed by atoms with E-state index in [-0.39, 0.29) is 0 Å². The standard InChI is InChI=1S/C23H31N3O2/c27-23(28)22-10-6-9-21(17-22)18-24-11-4-5-12-25-13-15-26(16-14-25)19-20-7-2-1-3-8-20/h1-3,6-10,17,24H,4-5,11-16,18-19H2,(H,27,28). The largest absolute Gasteiger partial charge is 0.478 e. The summed E-state index contributed by atoms with van der Waals surface area (Å²) in [5, 5.41) is 12.5. The molecule has 0 aliphatic carbocycles. The summed E-state index contributed by atoms with van der Waals surface area (Å²) in [7, 11) is 0. The van der Waals surface area contributed by atoms with E-state index in [9.17, 15) is 4.79 Å². The number of unbranched alkanes of at least 4 members (excludes halogenated alkanes) is 1. The number of carboxylic acids is 1. The third-order valence-electron chi connectivity index (χ3n) is 5.29. The van der Waals surface area contributed by atoms with Crippen LogP contribution in [0.4, 0.5) is 0 Å². The zero-order chi connectivity index (χ0) is 19.6. The zero-order valence-electron chi connectivity index (χ0n) is 16.5. The summed E-state index contributed by atoms with van der Waals surface area (Å²) in [5.74, 6) is -0.870. The summed E-state index contributed by atoms with van der Waals surface area (Å²) in [4.78, 5) is 16.1. The van der Waals surface area contributed by atoms with E-state index in [2.05, 4.69) is 45.4 Å². The lowest BCUT2D eigenvalue weighted by Crippen LogP contribution is -2.46. The first-order chi connectivity index (χ1) is 13.7. The van der Waals surface area contributed by atoms with Gasteiger partial charge in [0.25, 0.3) is 0 Å². The van der Waals surface area contributed by atoms with Gasteiger partial charge in [0.1, 0.15) is 0 Å². The Kier molecular flexibility index (Phi) is 8.03. The molecule has 0 spiro atoms. The minimum Gasteiger partial charge on any atom is -0.478 e. The van der Waals surface area contributed by atoms with E-state index in [0.717, 1.165) is 64.3 Å². The van der Waals surface area contributed by atoms with Crippen molar-refractivity contribution in [1.82, 2.24) is 15.1 Å². The molecule has 5 heteroatoms. The lowest BCUT2D eigenvalue weighted by atomic mass is 10.1. The molecule has 2 N–H and O–H groups in total. The second-order valence-corrected chi connectivity index (χ2v) is 7.49. The first-order valence-electron chi connectivity index (χ1n) is 10.2. The molecule has 3 rings (SSSR count). The lowest BCUT2D eigenvalue weighted by molar-refractivity contribution is 0.0696. The Bertz CT molecular complexity index is 728. The van der Waals surface area contributed by atoms with Crippen molar-refractivity contribution >= 4 is 5.97 Å². The van der Waals surface area contributed by atoms with Crippen LogP contribution in [0.5, 0.6) is 0 Å². The number of hydrogen-bond donors (Lipinski definition) is 2. The van der Waals surface area contributed by atoms with Crippen LogP contribution < -0.4 is 5.32 Å². The van der Waals surface area contributed by atoms with Crippen molar-refractivity contribution in [2.75, 3.05) is 39.3 Å². The summed E-state index contributed by atoms with van der Waals surface area (Å²) in [6.07, 6.45) is 2.34. The summed E-state index contributed by atoms with van der Waals surface area (Å²) in [6, 6.07) is 17.9. The third kappa shape index (κ3) is 6.75. The van der Waals surface area contributed by atoms with Crippen molar-refractivity contribution in [3.05, 3.63) is 71.3 Å². The molecule has 0 bridgehead atoms. The number of nitrogens with one attached hydrogen (secondary N) is 1. The first kappa shape index (κ1) is 20.5. The second kappa shape index (κ2) is 11.0. The number of hydrogen-bond acceptors (Lipinski definition) is 4. The van der Waals surface area contributed by atoms with Gasteiger partial charge in [-0.3, -0.25) is 4.90 Å². The molecular formula is C23H31N3O2. The molecule has 1 saturated heterocycles. The molecule has 0 amide bonds. The molecule has 2 aromatic carbocycles. The van der Waals surface area contributed by atoms with Gasteiger partial charge in [0.15, 0.2) is 0 Å². The fourth-order valence-electron chi connectivity index (χ4n) is 3.65. The fraction of sp³-hybridized carbons (Fsp3) is 0.435. The highest BCUT2D eigenvalue weighted by molar-refractivity contribution is 5.87. The maximum absolute atomic E-state index is 11.0. The monoisotopic (exact) mass is 381 g/mol. The van der Waals surface area contributed by atoms with Crippen LogP contribution in [0.15, 0.2) is 54.6 Å². The Balaban J connectivity index is 1.24. The minimum absolute atomic E-state index is 0.353. The van der Waals surface area contributed by atoms with E-state index in [1.54, 1.807) is 18.2 Å². The van der Waals surface area contributed by atoms with Crippen LogP contribution in [0.1, 0.15) is 34.3 Å². The second-order valence-electron chi connectivity index (χ2n) is 7.49. The summed E-state index contributed by atoms with van der Waals surface area (Å²) >= 11 is 0. The van der Waals surface area contributed by atoms with Crippen LogP contribution >= 0.6 is 0 Å². The maximum atomic E-state index is 11.0. The van der Waals surface area contributed by atoms with Gasteiger partial charge in [0.05, 0.1) is 5.56 Å². The third-order valence-corrected chi connectivity index (χ3v) is 5.29. The van der Waals surface area contributed by atoms with Crippen LogP contribution in [0.2, 0.25) is 0 Å². The number of carbonyl (C=O) groups is 1. The quantitative estimate of drug-likeness (QED) is 0.620. The predicted molar refractivity (Wildman–Crippen MR) is 113 cm³/mol. The maximum Gasteiger partial charge on any atom is 0.335 e. The molecule has 1 fully saturated rings. The van der Waals surface area contributed by atoms with Crippen LogP contribution in [0, 0.1) is 0 Å². The van der Waals surface area contributed by atoms with Crippen molar-refractivity contribution in [3.8, 4) is 0 Å². The Morgan fingerprint density at radius 2 is 1.61 bits per heavy atom. The average Bonchev–Trinajstić information content (AvgIpc) is 2.73. The summed E-state index contributed by atoms with van der Waals surface area (Å²) in [6.45, 7) is 8.51. The molecule has 1 aliphatic rings. The Morgan fingerprint density at radius 3 is 2.36 bits per heavy atom. The molecule has 0 atom stereocenters. The fourth-order valence-corrected chi connectivity index (χ4v) is 3.65. The molecular weight excluding hydrogens is 350 g/mol. The van der Waals surface area contributed by atoms with E-state index in [4.69, 9.17) is 5.11 Å². The molecule has 1 aliphatic heterocycles. The Hall–Kier alpha value is -2.21. The van der Waals surface area contributed by atoms with Crippen LogP contribution in [-0.2, 0) is 13.1 Å². The SMILES string of the molecule is O=C(O)c1cccc(CNCCCCN2CCN(Cc3ccccc3)CC2)c1. The number of rotatable bonds is 10. The summed E-state index contributed by atoms with van der Waals surface area (Å²) < 4.78 is 0. The van der Waals surface area contributed by atoms with Gasteiger partial charge in [-0.05, 0) is 49.2 Å². The molecule has 0 unspecified atom stereocenters. The van der Waals surface area contributed by atoms with Gasteiger partial charge in [-0.15, -0.1) is 0 Å². The Morgan fingerprint density at radius 1 is 0.893 bits per heavy atom. The van der Waals surface area contributed by atoms with E-state index >= 15 is 0 Å². The van der Waals surface area contributed by atoms with E-state index in [0.29, 0.717) is 5.56 Å². The van der Waals surface area contributed by atoms with E-state index in [1.807, 2.05) is 6.07 Å². The van der Waals surface area contributed by atoms with Gasteiger partial charge in [-0.25, -0.2) is 4.79 Å². The molecule has 0 aromatic heterocycles. The summed E-state index contributed by atoms with van der Waals surface area (Å²) in [5.41, 5.74) is 2.77. The topological polar surface area (TPSA) is 55.8 Å². The van der Waals surface area contributed by atoms with Gasteiger partial charge in [0.2, 0.25) is 0 Å². The van der Waals surface area contributed by atoms with Crippen molar-refractivity contribution in [2.24, 2.45) is 0 Å². The molecule has 0 saturated carbocycles. The lowest BCUT2D eigenvalue weighted by Gasteiger charge is -2.34. The highest BCUT2D eigenvalue weighted by Crippen LogP contribution is 2.09. The van der Waals surface area contributed by atoms with Gasteiger partial charge in [0, 0.05) is 39.3 Å². The highest BCUT2D eigenvalue weighted by atomic mass is 16.4. The van der Waals surface area contributed by atoms with Crippen LogP contribution in [0.25, 0.3) is 0 Å². The van der Waals surface area contributed by atoms with Gasteiger partial charge in [-0.2, -0.15) is 0 Å². The van der Waals surface area contributed by atoms with Crippen LogP contribution in [-0.4, -0.2) is 60.1 Å². The van der Waals surface area contributed by atoms with E-state index in [1.165, 1.54) is 12.0 Å². The molecule has 0 radical (unpaired) electrons. The van der Waals surface area contributed by atoms with Crippen molar-refractivity contribution < 1.29 is 9.90 Å². The highest BCUT2D eigenvalue weighted by Gasteiger charge is 2.16. The minimum atomic E-state index is -0.870. The Labute approximate surface area is 168 Å². The number of nitrogens with zero attached hydrogens (tertiary/aromatic N) is 2. The first-order valence-corrected chi connectivity index (χ1v) is 10.2. The van der Waals surface area contributed by atoms with E-state index < -0.39 is 5.97 Å². The molecule has 150 valence electrons. The van der Waals surface area contributed by atoms with Crippen molar-refractivity contribution in [3.63, 3.8) is 0 Å². The number of piperazine rings is 1. The molecule has 2 aromatic rings. The van der Waals surface area contributed by atoms with Gasteiger partial charge >= 0.3 is 5.97 Å². The number of carboxylic acid groups (broad SMARTS) is 1. The zero-order valence-corrected chi connectivity index (χ0v) is 16.5. The van der Waals surface area contributed by atoms with Gasteiger partial charge in [-0.1, -0.05) is 42.5 Å². The molecule has 28 heavy (non-hydrogen) atoms. The predicted octanol–water partition coefficient (Wildman–Crippen LogP) is 3.07. The normalized spacial score (nSPS) is 15.6. The average molecular weight is 382 g/mol. The molecule has 1 heterocycles. The number of aromatic carboxylic acids is 1. The molecule has 5 nitrogen and oxygen atoms in total. The van der Waals surface area contributed by atoms with Crippen molar-refractivity contribution in [2.45, 2.75) is 25.9 Å².